The topological polar surface area (TPSA) is 0 Å². The van der Waals surface area contributed by atoms with Crippen LogP contribution in [0.25, 0.3) is 11.1 Å². The van der Waals surface area contributed by atoms with E-state index in [0.29, 0.717) is 0 Å². The van der Waals surface area contributed by atoms with Gasteiger partial charge in [0.1, 0.15) is 0 Å². The van der Waals surface area contributed by atoms with E-state index in [9.17, 15) is 0 Å². The van der Waals surface area contributed by atoms with Crippen molar-refractivity contribution in [2.75, 3.05) is 0 Å². The molecule has 0 N–H and O–H groups in total. The van der Waals surface area contributed by atoms with E-state index < -0.39 is 0 Å². The lowest BCUT2D eigenvalue weighted by Crippen LogP contribution is -2.11. The Kier molecular flexibility index (Phi) is 4.01. The van der Waals surface area contributed by atoms with Crippen LogP contribution in [0.1, 0.15) is 37.2 Å². The highest BCUT2D eigenvalue weighted by atomic mass is 14.2. The number of hydrogen-bond acceptors (Lipinski definition) is 0. The Morgan fingerprint density at radius 2 is 1.35 bits per heavy atom. The second-order valence-corrected chi connectivity index (χ2v) is 5.84. The lowest BCUT2D eigenvalue weighted by Gasteiger charge is -2.27. The molecule has 0 atom stereocenters. The molecule has 1 saturated carbocycles. The molecule has 0 bridgehead atoms. The SMILES string of the molecule is C=CC1CCC(c2ccc(-c3ccccc3)cc2)CC1. The van der Waals surface area contributed by atoms with Gasteiger partial charge in [0.25, 0.3) is 0 Å². The highest BCUT2D eigenvalue weighted by Crippen LogP contribution is 2.36. The van der Waals surface area contributed by atoms with Gasteiger partial charge in [-0.2, -0.15) is 0 Å². The minimum Gasteiger partial charge on any atom is -0.103 e. The Balaban J connectivity index is 1.72. The molecule has 2 aromatic rings. The van der Waals surface area contributed by atoms with Gasteiger partial charge < -0.3 is 0 Å². The maximum atomic E-state index is 3.93. The predicted molar refractivity (Wildman–Crippen MR) is 86.8 cm³/mol. The Bertz CT molecular complexity index is 542. The average Bonchev–Trinajstić information content (AvgIpc) is 2.56. The second kappa shape index (κ2) is 6.09. The van der Waals surface area contributed by atoms with Crippen LogP contribution in [0.4, 0.5) is 0 Å². The number of hydrogen-bond donors (Lipinski definition) is 0. The molecule has 0 heterocycles. The average molecular weight is 262 g/mol. The summed E-state index contributed by atoms with van der Waals surface area (Å²) >= 11 is 0. The van der Waals surface area contributed by atoms with E-state index in [1.54, 1.807) is 0 Å². The lowest BCUT2D eigenvalue weighted by molar-refractivity contribution is 0.376. The van der Waals surface area contributed by atoms with Gasteiger partial charge in [-0.05, 0) is 54.2 Å². The monoisotopic (exact) mass is 262 g/mol. The fourth-order valence-corrected chi connectivity index (χ4v) is 3.27. The van der Waals surface area contributed by atoms with Crippen LogP contribution in [0, 0.1) is 5.92 Å². The van der Waals surface area contributed by atoms with Crippen LogP contribution in [-0.4, -0.2) is 0 Å². The van der Waals surface area contributed by atoms with Gasteiger partial charge >= 0.3 is 0 Å². The summed E-state index contributed by atoms with van der Waals surface area (Å²) in [4.78, 5) is 0. The van der Waals surface area contributed by atoms with Crippen molar-refractivity contribution < 1.29 is 0 Å². The summed E-state index contributed by atoms with van der Waals surface area (Å²) in [6, 6.07) is 19.8. The van der Waals surface area contributed by atoms with E-state index in [1.165, 1.54) is 42.4 Å². The maximum Gasteiger partial charge on any atom is -0.0162 e. The van der Waals surface area contributed by atoms with E-state index in [1.807, 2.05) is 0 Å². The smallest absolute Gasteiger partial charge is 0.0162 e. The quantitative estimate of drug-likeness (QED) is 0.612. The third-order valence-corrected chi connectivity index (χ3v) is 4.59. The van der Waals surface area contributed by atoms with Crippen molar-refractivity contribution in [1.82, 2.24) is 0 Å². The fraction of sp³-hybridized carbons (Fsp3) is 0.300. The summed E-state index contributed by atoms with van der Waals surface area (Å²) < 4.78 is 0. The maximum absolute atomic E-state index is 3.93. The van der Waals surface area contributed by atoms with Gasteiger partial charge in [0, 0.05) is 0 Å². The summed E-state index contributed by atoms with van der Waals surface area (Å²) in [5, 5.41) is 0. The number of rotatable bonds is 3. The molecule has 0 spiro atoms. The molecule has 0 unspecified atom stereocenters. The highest BCUT2D eigenvalue weighted by molar-refractivity contribution is 5.63. The van der Waals surface area contributed by atoms with Crippen molar-refractivity contribution >= 4 is 0 Å². The standard InChI is InChI=1S/C20H22/c1-2-16-8-10-18(11-9-16)20-14-12-19(13-15-20)17-6-4-3-5-7-17/h2-7,12-16,18H,1,8-11H2. The Labute approximate surface area is 122 Å². The van der Waals surface area contributed by atoms with Gasteiger partial charge in [-0.15, -0.1) is 6.58 Å². The second-order valence-electron chi connectivity index (χ2n) is 5.84. The van der Waals surface area contributed by atoms with Crippen LogP contribution >= 0.6 is 0 Å². The van der Waals surface area contributed by atoms with E-state index >= 15 is 0 Å². The molecule has 102 valence electrons. The molecular formula is C20H22. The third-order valence-electron chi connectivity index (χ3n) is 4.59. The van der Waals surface area contributed by atoms with E-state index in [0.717, 1.165) is 11.8 Å². The molecule has 0 aliphatic heterocycles. The summed E-state index contributed by atoms with van der Waals surface area (Å²) in [6.45, 7) is 3.93. The van der Waals surface area contributed by atoms with E-state index in [4.69, 9.17) is 0 Å². The first-order valence-electron chi connectivity index (χ1n) is 7.65. The van der Waals surface area contributed by atoms with Crippen molar-refractivity contribution in [3.8, 4) is 11.1 Å². The first kappa shape index (κ1) is 13.2. The molecule has 1 aliphatic carbocycles. The Morgan fingerprint density at radius 3 is 1.95 bits per heavy atom. The molecule has 1 aliphatic rings. The molecular weight excluding hydrogens is 240 g/mol. The van der Waals surface area contributed by atoms with Gasteiger partial charge in [-0.3, -0.25) is 0 Å². The number of allylic oxidation sites excluding steroid dienone is 1. The zero-order valence-electron chi connectivity index (χ0n) is 12.0. The van der Waals surface area contributed by atoms with Crippen LogP contribution in [-0.2, 0) is 0 Å². The molecule has 0 amide bonds. The molecule has 0 saturated heterocycles. The summed E-state index contributed by atoms with van der Waals surface area (Å²) in [6.07, 6.45) is 7.35. The van der Waals surface area contributed by atoms with Gasteiger partial charge in [0.2, 0.25) is 0 Å². The molecule has 20 heavy (non-hydrogen) atoms. The molecule has 0 aromatic heterocycles. The Morgan fingerprint density at radius 1 is 0.750 bits per heavy atom. The van der Waals surface area contributed by atoms with Crippen LogP contribution in [0.2, 0.25) is 0 Å². The van der Waals surface area contributed by atoms with Crippen molar-refractivity contribution in [1.29, 1.82) is 0 Å². The molecule has 2 aromatic carbocycles. The highest BCUT2D eigenvalue weighted by Gasteiger charge is 2.20. The molecule has 0 nitrogen and oxygen atoms in total. The van der Waals surface area contributed by atoms with Gasteiger partial charge in [0.15, 0.2) is 0 Å². The van der Waals surface area contributed by atoms with E-state index in [-0.39, 0.29) is 0 Å². The van der Waals surface area contributed by atoms with E-state index in [2.05, 4.69) is 67.3 Å². The normalized spacial score (nSPS) is 22.4. The van der Waals surface area contributed by atoms with Crippen LogP contribution < -0.4 is 0 Å². The molecule has 0 heteroatoms. The summed E-state index contributed by atoms with van der Waals surface area (Å²) in [5.41, 5.74) is 4.12. The Hall–Kier alpha value is -1.82. The molecule has 0 radical (unpaired) electrons. The van der Waals surface area contributed by atoms with Gasteiger partial charge in [-0.1, -0.05) is 60.7 Å². The van der Waals surface area contributed by atoms with Crippen molar-refractivity contribution in [3.05, 3.63) is 72.8 Å². The first-order valence-corrected chi connectivity index (χ1v) is 7.65. The van der Waals surface area contributed by atoms with Gasteiger partial charge in [0.05, 0.1) is 0 Å². The first-order chi connectivity index (χ1) is 9.86. The van der Waals surface area contributed by atoms with Crippen LogP contribution in [0.3, 0.4) is 0 Å². The van der Waals surface area contributed by atoms with Crippen molar-refractivity contribution in [2.24, 2.45) is 5.92 Å². The van der Waals surface area contributed by atoms with Gasteiger partial charge in [-0.25, -0.2) is 0 Å². The van der Waals surface area contributed by atoms with Crippen LogP contribution in [0.5, 0.6) is 0 Å². The summed E-state index contributed by atoms with van der Waals surface area (Å²) in [5.74, 6) is 1.49. The minimum atomic E-state index is 0.745. The minimum absolute atomic E-state index is 0.745. The van der Waals surface area contributed by atoms with Crippen LogP contribution in [0.15, 0.2) is 67.3 Å². The molecule has 1 fully saturated rings. The zero-order chi connectivity index (χ0) is 13.8. The summed E-state index contributed by atoms with van der Waals surface area (Å²) in [7, 11) is 0. The van der Waals surface area contributed by atoms with Crippen molar-refractivity contribution in [3.63, 3.8) is 0 Å². The molecule has 3 rings (SSSR count). The van der Waals surface area contributed by atoms with Crippen molar-refractivity contribution in [2.45, 2.75) is 31.6 Å². The third kappa shape index (κ3) is 2.85. The zero-order valence-corrected chi connectivity index (χ0v) is 12.0. The predicted octanol–water partition coefficient (Wildman–Crippen LogP) is 5.81. The largest absolute Gasteiger partial charge is 0.103 e. The number of benzene rings is 2. The fourth-order valence-electron chi connectivity index (χ4n) is 3.27. The lowest BCUT2D eigenvalue weighted by atomic mass is 9.78.